The van der Waals surface area contributed by atoms with Crippen molar-refractivity contribution in [3.8, 4) is 0 Å². The summed E-state index contributed by atoms with van der Waals surface area (Å²) >= 11 is 0. The summed E-state index contributed by atoms with van der Waals surface area (Å²) in [6.45, 7) is 4.49. The van der Waals surface area contributed by atoms with Crippen molar-refractivity contribution < 1.29 is 9.59 Å². The molecule has 3 N–H and O–H groups in total. The Morgan fingerprint density at radius 1 is 1.33 bits per heavy atom. The number of hydrogen-bond donors (Lipinski definition) is 3. The summed E-state index contributed by atoms with van der Waals surface area (Å²) < 4.78 is 0. The third-order valence-corrected chi connectivity index (χ3v) is 3.73. The summed E-state index contributed by atoms with van der Waals surface area (Å²) in [6.07, 6.45) is 2.53. The molecule has 1 aliphatic heterocycles. The van der Waals surface area contributed by atoms with Gasteiger partial charge in [-0.15, -0.1) is 0 Å². The lowest BCUT2D eigenvalue weighted by Gasteiger charge is -2.12. The molecule has 2 rings (SSSR count). The van der Waals surface area contributed by atoms with E-state index in [4.69, 9.17) is 0 Å². The van der Waals surface area contributed by atoms with Gasteiger partial charge in [-0.25, -0.2) is 0 Å². The Labute approximate surface area is 125 Å². The normalized spacial score (nSPS) is 17.5. The molecule has 1 aliphatic rings. The predicted octanol–water partition coefficient (Wildman–Crippen LogP) is 1.76. The van der Waals surface area contributed by atoms with Gasteiger partial charge in [-0.1, -0.05) is 12.1 Å². The van der Waals surface area contributed by atoms with Crippen molar-refractivity contribution in [1.29, 1.82) is 0 Å². The number of para-hydroxylation sites is 1. The van der Waals surface area contributed by atoms with Crippen molar-refractivity contribution >= 4 is 17.5 Å². The van der Waals surface area contributed by atoms with Gasteiger partial charge in [-0.05, 0) is 50.9 Å². The van der Waals surface area contributed by atoms with Gasteiger partial charge in [-0.2, -0.15) is 0 Å². The van der Waals surface area contributed by atoms with Crippen LogP contribution >= 0.6 is 0 Å². The first-order chi connectivity index (χ1) is 10.2. The maximum absolute atomic E-state index is 12.0. The highest BCUT2D eigenvalue weighted by molar-refractivity contribution is 6.03. The van der Waals surface area contributed by atoms with E-state index < -0.39 is 0 Å². The number of rotatable bonds is 6. The van der Waals surface area contributed by atoms with Crippen molar-refractivity contribution in [3.05, 3.63) is 29.8 Å². The number of amides is 2. The molecule has 2 amide bonds. The van der Waals surface area contributed by atoms with Gasteiger partial charge in [0.1, 0.15) is 0 Å². The highest BCUT2D eigenvalue weighted by Gasteiger charge is 2.17. The lowest BCUT2D eigenvalue weighted by atomic mass is 10.0. The van der Waals surface area contributed by atoms with E-state index in [2.05, 4.69) is 16.0 Å². The quantitative estimate of drug-likeness (QED) is 0.747. The first-order valence-corrected chi connectivity index (χ1v) is 7.58. The van der Waals surface area contributed by atoms with Crippen molar-refractivity contribution in [2.75, 3.05) is 25.0 Å². The third-order valence-electron chi connectivity index (χ3n) is 3.73. The number of carbonyl (C=O) groups is 2. The Morgan fingerprint density at radius 2 is 2.14 bits per heavy atom. The maximum Gasteiger partial charge on any atom is 0.253 e. The smallest absolute Gasteiger partial charge is 0.253 e. The molecule has 0 aliphatic carbocycles. The fourth-order valence-electron chi connectivity index (χ4n) is 2.55. The molecule has 0 aromatic heterocycles. The Hall–Kier alpha value is -1.88. The molecule has 1 atom stereocenters. The standard InChI is InChI=1S/C16H23N3O2/c1-2-18-16(21)13-5-3-4-6-14(13)19-15(20)8-7-12-9-10-17-11-12/h3-6,12,17H,2,7-11H2,1H3,(H,18,21)(H,19,20). The number of carbonyl (C=O) groups excluding carboxylic acids is 2. The van der Waals surface area contributed by atoms with Crippen LogP contribution in [0.4, 0.5) is 5.69 Å². The van der Waals surface area contributed by atoms with Crippen LogP contribution in [0.3, 0.4) is 0 Å². The molecule has 0 spiro atoms. The zero-order chi connectivity index (χ0) is 15.1. The van der Waals surface area contributed by atoms with Gasteiger partial charge in [0, 0.05) is 13.0 Å². The van der Waals surface area contributed by atoms with Crippen LogP contribution in [-0.4, -0.2) is 31.4 Å². The number of nitrogens with one attached hydrogen (secondary N) is 3. The summed E-state index contributed by atoms with van der Waals surface area (Å²) in [7, 11) is 0. The fourth-order valence-corrected chi connectivity index (χ4v) is 2.55. The zero-order valence-electron chi connectivity index (χ0n) is 12.4. The second-order valence-corrected chi connectivity index (χ2v) is 5.35. The molecule has 0 bridgehead atoms. The monoisotopic (exact) mass is 289 g/mol. The molecule has 1 aromatic carbocycles. The average molecular weight is 289 g/mol. The maximum atomic E-state index is 12.0. The van der Waals surface area contributed by atoms with Gasteiger partial charge >= 0.3 is 0 Å². The predicted molar refractivity (Wildman–Crippen MR) is 83.3 cm³/mol. The molecule has 0 saturated carbocycles. The van der Waals surface area contributed by atoms with Crippen LogP contribution in [0.15, 0.2) is 24.3 Å². The highest BCUT2D eigenvalue weighted by Crippen LogP contribution is 2.18. The van der Waals surface area contributed by atoms with E-state index >= 15 is 0 Å². The van der Waals surface area contributed by atoms with E-state index in [0.717, 1.165) is 25.9 Å². The van der Waals surface area contributed by atoms with Gasteiger partial charge < -0.3 is 16.0 Å². The van der Waals surface area contributed by atoms with Crippen LogP contribution < -0.4 is 16.0 Å². The van der Waals surface area contributed by atoms with E-state index in [9.17, 15) is 9.59 Å². The van der Waals surface area contributed by atoms with Crippen LogP contribution in [-0.2, 0) is 4.79 Å². The molecular formula is C16H23N3O2. The van der Waals surface area contributed by atoms with Gasteiger partial charge in [0.15, 0.2) is 0 Å². The summed E-state index contributed by atoms with van der Waals surface area (Å²) in [4.78, 5) is 24.0. The average Bonchev–Trinajstić information content (AvgIpc) is 2.99. The number of anilines is 1. The molecule has 0 radical (unpaired) electrons. The molecule has 114 valence electrons. The van der Waals surface area contributed by atoms with Gasteiger partial charge in [-0.3, -0.25) is 9.59 Å². The van der Waals surface area contributed by atoms with Crippen LogP contribution in [0.1, 0.15) is 36.5 Å². The summed E-state index contributed by atoms with van der Waals surface area (Å²) in [5, 5.41) is 8.91. The first-order valence-electron chi connectivity index (χ1n) is 7.58. The number of hydrogen-bond acceptors (Lipinski definition) is 3. The SMILES string of the molecule is CCNC(=O)c1ccccc1NC(=O)CCC1CCNC1. The molecule has 21 heavy (non-hydrogen) atoms. The summed E-state index contributed by atoms with van der Waals surface area (Å²) in [5.74, 6) is 0.404. The first kappa shape index (κ1) is 15.5. The van der Waals surface area contributed by atoms with Crippen molar-refractivity contribution in [2.45, 2.75) is 26.2 Å². The number of benzene rings is 1. The minimum atomic E-state index is -0.159. The molecule has 5 heteroatoms. The van der Waals surface area contributed by atoms with Crippen LogP contribution in [0.25, 0.3) is 0 Å². The van der Waals surface area contributed by atoms with Crippen LogP contribution in [0, 0.1) is 5.92 Å². The molecule has 1 saturated heterocycles. The van der Waals surface area contributed by atoms with Gasteiger partial charge in [0.25, 0.3) is 5.91 Å². The second kappa shape index (κ2) is 7.78. The molecule has 1 heterocycles. The van der Waals surface area contributed by atoms with E-state index in [1.165, 1.54) is 0 Å². The third kappa shape index (κ3) is 4.56. The van der Waals surface area contributed by atoms with E-state index in [1.54, 1.807) is 18.2 Å². The minimum absolute atomic E-state index is 0.0290. The Kier molecular flexibility index (Phi) is 5.75. The molecule has 1 fully saturated rings. The summed E-state index contributed by atoms with van der Waals surface area (Å²) in [6, 6.07) is 7.10. The van der Waals surface area contributed by atoms with Crippen molar-refractivity contribution in [2.24, 2.45) is 5.92 Å². The topological polar surface area (TPSA) is 70.2 Å². The van der Waals surface area contributed by atoms with E-state index in [-0.39, 0.29) is 11.8 Å². The van der Waals surface area contributed by atoms with Crippen LogP contribution in [0.2, 0.25) is 0 Å². The molecule has 5 nitrogen and oxygen atoms in total. The van der Waals surface area contributed by atoms with Crippen LogP contribution in [0.5, 0.6) is 0 Å². The van der Waals surface area contributed by atoms with E-state index in [0.29, 0.717) is 30.1 Å². The zero-order valence-corrected chi connectivity index (χ0v) is 12.4. The van der Waals surface area contributed by atoms with Crippen molar-refractivity contribution in [1.82, 2.24) is 10.6 Å². The lowest BCUT2D eigenvalue weighted by Crippen LogP contribution is -2.24. The lowest BCUT2D eigenvalue weighted by molar-refractivity contribution is -0.116. The molecule has 1 aromatic rings. The molecule has 1 unspecified atom stereocenters. The van der Waals surface area contributed by atoms with Gasteiger partial charge in [0.2, 0.25) is 5.91 Å². The minimum Gasteiger partial charge on any atom is -0.352 e. The molecular weight excluding hydrogens is 266 g/mol. The summed E-state index contributed by atoms with van der Waals surface area (Å²) in [5.41, 5.74) is 1.09. The van der Waals surface area contributed by atoms with Gasteiger partial charge in [0.05, 0.1) is 11.3 Å². The second-order valence-electron chi connectivity index (χ2n) is 5.35. The Bertz CT molecular complexity index is 496. The van der Waals surface area contributed by atoms with Crippen molar-refractivity contribution in [3.63, 3.8) is 0 Å². The Morgan fingerprint density at radius 3 is 2.86 bits per heavy atom. The van der Waals surface area contributed by atoms with E-state index in [1.807, 2.05) is 13.0 Å². The Balaban J connectivity index is 1.91. The highest BCUT2D eigenvalue weighted by atomic mass is 16.2. The fraction of sp³-hybridized carbons (Fsp3) is 0.500. The largest absolute Gasteiger partial charge is 0.352 e.